The van der Waals surface area contributed by atoms with E-state index in [9.17, 15) is 0 Å². The van der Waals surface area contributed by atoms with Gasteiger partial charge in [-0.1, -0.05) is 30.9 Å². The second-order valence-corrected chi connectivity index (χ2v) is 4.71. The zero-order chi connectivity index (χ0) is 11.4. The van der Waals surface area contributed by atoms with Gasteiger partial charge in [-0.05, 0) is 24.5 Å². The van der Waals surface area contributed by atoms with Gasteiger partial charge in [0.2, 0.25) is 0 Å². The third kappa shape index (κ3) is 3.09. The summed E-state index contributed by atoms with van der Waals surface area (Å²) >= 11 is 5.98. The Kier molecular flexibility index (Phi) is 4.02. The molecule has 1 aromatic rings. The Morgan fingerprint density at radius 2 is 2.25 bits per heavy atom. The van der Waals surface area contributed by atoms with Crippen LogP contribution < -0.4 is 5.73 Å². The molecule has 2 N–H and O–H groups in total. The zero-order valence-electron chi connectivity index (χ0n) is 9.29. The third-order valence-electron chi connectivity index (χ3n) is 3.07. The number of aromatic nitrogens is 1. The predicted molar refractivity (Wildman–Crippen MR) is 65.3 cm³/mol. The molecular formula is C12H17ClN2O. The zero-order valence-corrected chi connectivity index (χ0v) is 10.0. The molecule has 4 heteroatoms. The first kappa shape index (κ1) is 11.7. The summed E-state index contributed by atoms with van der Waals surface area (Å²) in [5.74, 6) is 1.37. The van der Waals surface area contributed by atoms with Gasteiger partial charge in [0.15, 0.2) is 0 Å². The molecule has 0 amide bonds. The second-order valence-electron chi connectivity index (χ2n) is 4.30. The van der Waals surface area contributed by atoms with Crippen molar-refractivity contribution in [2.75, 3.05) is 12.3 Å². The van der Waals surface area contributed by atoms with Crippen LogP contribution in [0.5, 0.6) is 0 Å². The number of pyridine rings is 1. The quantitative estimate of drug-likeness (QED) is 0.805. The largest absolute Gasteiger partial charge is 0.384 e. The minimum absolute atomic E-state index is 0.455. The number of ether oxygens (including phenoxy) is 1. The lowest BCUT2D eigenvalue weighted by Crippen LogP contribution is -2.13. The van der Waals surface area contributed by atoms with E-state index in [0.717, 1.165) is 24.6 Å². The van der Waals surface area contributed by atoms with Crippen molar-refractivity contribution in [1.82, 2.24) is 4.98 Å². The lowest BCUT2D eigenvalue weighted by Gasteiger charge is -2.24. The van der Waals surface area contributed by atoms with E-state index >= 15 is 0 Å². The molecule has 16 heavy (non-hydrogen) atoms. The van der Waals surface area contributed by atoms with Crippen molar-refractivity contribution in [1.29, 1.82) is 0 Å². The van der Waals surface area contributed by atoms with Crippen LogP contribution in [0.1, 0.15) is 31.4 Å². The van der Waals surface area contributed by atoms with Crippen molar-refractivity contribution in [3.05, 3.63) is 22.8 Å². The average molecular weight is 241 g/mol. The van der Waals surface area contributed by atoms with Gasteiger partial charge >= 0.3 is 0 Å². The van der Waals surface area contributed by atoms with Crippen molar-refractivity contribution in [2.45, 2.75) is 32.3 Å². The molecule has 0 saturated heterocycles. The topological polar surface area (TPSA) is 48.1 Å². The van der Waals surface area contributed by atoms with Gasteiger partial charge in [0.1, 0.15) is 5.82 Å². The number of rotatable bonds is 5. The summed E-state index contributed by atoms with van der Waals surface area (Å²) in [6.45, 7) is 1.24. The van der Waals surface area contributed by atoms with Gasteiger partial charge in [-0.3, -0.25) is 0 Å². The van der Waals surface area contributed by atoms with E-state index in [1.807, 2.05) is 0 Å². The maximum Gasteiger partial charge on any atom is 0.123 e. The molecule has 1 heterocycles. The van der Waals surface area contributed by atoms with Crippen LogP contribution in [0.2, 0.25) is 5.02 Å². The molecule has 0 unspecified atom stereocenters. The van der Waals surface area contributed by atoms with E-state index in [2.05, 4.69) is 4.98 Å². The van der Waals surface area contributed by atoms with Crippen molar-refractivity contribution in [3.8, 4) is 0 Å². The lowest BCUT2D eigenvalue weighted by molar-refractivity contribution is 0.0930. The molecule has 0 aromatic carbocycles. The highest BCUT2D eigenvalue weighted by molar-refractivity contribution is 6.31. The summed E-state index contributed by atoms with van der Waals surface area (Å²) in [5, 5.41) is 0.623. The highest BCUT2D eigenvalue weighted by Gasteiger charge is 2.16. The van der Waals surface area contributed by atoms with Gasteiger partial charge in [-0.15, -0.1) is 0 Å². The summed E-state index contributed by atoms with van der Waals surface area (Å²) in [5.41, 5.74) is 6.32. The minimum atomic E-state index is 0.455. The van der Waals surface area contributed by atoms with Crippen LogP contribution in [-0.2, 0) is 11.3 Å². The van der Waals surface area contributed by atoms with Crippen LogP contribution in [0.3, 0.4) is 0 Å². The van der Waals surface area contributed by atoms with Crippen molar-refractivity contribution in [2.24, 2.45) is 5.92 Å². The average Bonchev–Trinajstić information content (AvgIpc) is 2.20. The summed E-state index contributed by atoms with van der Waals surface area (Å²) < 4.78 is 5.56. The van der Waals surface area contributed by atoms with Gasteiger partial charge in [0.25, 0.3) is 0 Å². The van der Waals surface area contributed by atoms with Crippen molar-refractivity contribution >= 4 is 17.4 Å². The van der Waals surface area contributed by atoms with E-state index in [4.69, 9.17) is 22.1 Å². The van der Waals surface area contributed by atoms with Crippen LogP contribution in [0.25, 0.3) is 0 Å². The van der Waals surface area contributed by atoms with Crippen molar-refractivity contribution in [3.63, 3.8) is 0 Å². The Hall–Kier alpha value is -0.800. The van der Waals surface area contributed by atoms with Crippen LogP contribution >= 0.6 is 11.6 Å². The van der Waals surface area contributed by atoms with Gasteiger partial charge in [-0.25, -0.2) is 4.98 Å². The van der Waals surface area contributed by atoms with E-state index in [0.29, 0.717) is 17.4 Å². The molecule has 1 saturated carbocycles. The molecule has 1 aliphatic carbocycles. The molecule has 2 rings (SSSR count). The highest BCUT2D eigenvalue weighted by atomic mass is 35.5. The Balaban J connectivity index is 1.73. The van der Waals surface area contributed by atoms with Gasteiger partial charge in [0.05, 0.1) is 17.3 Å². The first-order valence-corrected chi connectivity index (χ1v) is 6.12. The molecule has 0 atom stereocenters. The number of anilines is 1. The van der Waals surface area contributed by atoms with Gasteiger partial charge in [-0.2, -0.15) is 0 Å². The number of hydrogen-bond acceptors (Lipinski definition) is 3. The van der Waals surface area contributed by atoms with E-state index in [1.165, 1.54) is 19.3 Å². The first-order chi connectivity index (χ1) is 7.75. The van der Waals surface area contributed by atoms with Crippen LogP contribution in [0.4, 0.5) is 5.82 Å². The number of nitrogens with zero attached hydrogens (tertiary/aromatic N) is 1. The number of halogens is 1. The molecule has 0 spiro atoms. The molecule has 0 aliphatic heterocycles. The van der Waals surface area contributed by atoms with Crippen LogP contribution in [0, 0.1) is 5.92 Å². The maximum atomic E-state index is 5.98. The fraction of sp³-hybridized carbons (Fsp3) is 0.583. The van der Waals surface area contributed by atoms with E-state index < -0.39 is 0 Å². The molecular weight excluding hydrogens is 224 g/mol. The van der Waals surface area contributed by atoms with E-state index in [1.54, 1.807) is 12.1 Å². The predicted octanol–water partition coefficient (Wildman–Crippen LogP) is 3.02. The minimum Gasteiger partial charge on any atom is -0.384 e. The molecule has 0 radical (unpaired) electrons. The number of hydrogen-bond donors (Lipinski definition) is 1. The first-order valence-electron chi connectivity index (χ1n) is 5.74. The smallest absolute Gasteiger partial charge is 0.123 e. The maximum absolute atomic E-state index is 5.98. The summed E-state index contributed by atoms with van der Waals surface area (Å²) in [4.78, 5) is 4.14. The summed E-state index contributed by atoms with van der Waals surface area (Å²) in [6.07, 6.45) is 5.26. The molecule has 3 nitrogen and oxygen atoms in total. The van der Waals surface area contributed by atoms with Gasteiger partial charge < -0.3 is 10.5 Å². The fourth-order valence-corrected chi connectivity index (χ4v) is 1.96. The summed E-state index contributed by atoms with van der Waals surface area (Å²) in [6, 6.07) is 3.45. The number of nitrogen functional groups attached to an aromatic ring is 1. The molecule has 1 aromatic heterocycles. The highest BCUT2D eigenvalue weighted by Crippen LogP contribution is 2.29. The summed E-state index contributed by atoms with van der Waals surface area (Å²) in [7, 11) is 0. The number of nitrogens with two attached hydrogens (primary N) is 1. The van der Waals surface area contributed by atoms with Crippen LogP contribution in [0.15, 0.2) is 12.1 Å². The Morgan fingerprint density at radius 1 is 1.44 bits per heavy atom. The molecule has 1 aliphatic rings. The second kappa shape index (κ2) is 5.51. The lowest BCUT2D eigenvalue weighted by atomic mass is 9.83. The SMILES string of the molecule is Nc1ccc(Cl)c(COCCC2CCC2)n1. The Bertz CT molecular complexity index is 353. The Morgan fingerprint density at radius 3 is 2.94 bits per heavy atom. The Labute approximate surface area is 101 Å². The fourth-order valence-electron chi connectivity index (χ4n) is 1.80. The molecule has 1 fully saturated rings. The standard InChI is InChI=1S/C12H17ClN2O/c13-10-4-5-12(14)15-11(10)8-16-7-6-9-2-1-3-9/h4-5,9H,1-3,6-8H2,(H2,14,15). The molecule has 0 bridgehead atoms. The molecule has 88 valence electrons. The van der Waals surface area contributed by atoms with Crippen LogP contribution in [-0.4, -0.2) is 11.6 Å². The third-order valence-corrected chi connectivity index (χ3v) is 3.42. The normalized spacial score (nSPS) is 16.1. The van der Waals surface area contributed by atoms with E-state index in [-0.39, 0.29) is 0 Å². The monoisotopic (exact) mass is 240 g/mol. The van der Waals surface area contributed by atoms with Gasteiger partial charge in [0, 0.05) is 6.61 Å². The van der Waals surface area contributed by atoms with Crippen molar-refractivity contribution < 1.29 is 4.74 Å².